The minimum Gasteiger partial charge on any atom is -0.342 e. The van der Waals surface area contributed by atoms with Crippen LogP contribution in [-0.4, -0.2) is 76.9 Å². The number of aliphatic imine (C=N–C) groups is 1. The van der Waals surface area contributed by atoms with Gasteiger partial charge in [-0.2, -0.15) is 5.26 Å². The molecule has 1 aromatic carbocycles. The number of piperidine rings is 2. The highest BCUT2D eigenvalue weighted by Crippen LogP contribution is 2.32. The summed E-state index contributed by atoms with van der Waals surface area (Å²) >= 11 is 0. The number of hydrogen-bond donors (Lipinski definition) is 2. The monoisotopic (exact) mass is 466 g/mol. The first-order valence-corrected chi connectivity index (χ1v) is 12.3. The van der Waals surface area contributed by atoms with Gasteiger partial charge in [-0.1, -0.05) is 37.3 Å². The maximum atomic E-state index is 13.5. The van der Waals surface area contributed by atoms with Crippen molar-refractivity contribution in [2.24, 2.45) is 22.7 Å². The summed E-state index contributed by atoms with van der Waals surface area (Å²) in [6.07, 6.45) is 5.33. The van der Waals surface area contributed by atoms with Gasteiger partial charge in [0.05, 0.1) is 11.8 Å². The summed E-state index contributed by atoms with van der Waals surface area (Å²) in [5.41, 5.74) is 2.99. The Balaban J connectivity index is 1.46. The second-order valence-electron chi connectivity index (χ2n) is 9.79. The molecule has 4 rings (SSSR count). The molecule has 0 radical (unpaired) electrons. The van der Waals surface area contributed by atoms with Crippen molar-refractivity contribution in [2.75, 3.05) is 39.3 Å². The van der Waals surface area contributed by atoms with E-state index in [1.807, 2.05) is 34.2 Å². The van der Waals surface area contributed by atoms with Crippen molar-refractivity contribution < 1.29 is 14.8 Å². The van der Waals surface area contributed by atoms with Crippen LogP contribution in [0.3, 0.4) is 0 Å². The second kappa shape index (κ2) is 10.9. The number of rotatable bonds is 3. The Kier molecular flexibility index (Phi) is 7.68. The number of nitrogens with zero attached hydrogens (tertiary/aromatic N) is 5. The van der Waals surface area contributed by atoms with E-state index in [2.05, 4.69) is 28.9 Å². The molecule has 1 aromatic rings. The van der Waals surface area contributed by atoms with Crippen molar-refractivity contribution in [3.63, 3.8) is 0 Å². The van der Waals surface area contributed by atoms with Crippen molar-refractivity contribution in [3.05, 3.63) is 35.9 Å². The number of likely N-dealkylation sites (tertiary alicyclic amines) is 3. The molecular formula is C25H34N6O3. The zero-order valence-electron chi connectivity index (χ0n) is 19.8. The highest BCUT2D eigenvalue weighted by atomic mass is 16.5. The molecule has 34 heavy (non-hydrogen) atoms. The van der Waals surface area contributed by atoms with Gasteiger partial charge in [0.1, 0.15) is 0 Å². The number of nitriles is 1. The van der Waals surface area contributed by atoms with E-state index in [4.69, 9.17) is 0 Å². The summed E-state index contributed by atoms with van der Waals surface area (Å²) < 4.78 is 0. The summed E-state index contributed by atoms with van der Waals surface area (Å²) in [6.45, 7) is 5.93. The van der Waals surface area contributed by atoms with Gasteiger partial charge in [-0.3, -0.25) is 14.8 Å². The minimum atomic E-state index is -0.713. The SMILES string of the molecule is CC1CCN(C(=NC#N)N2CC[C@H](C(=O)N3CC[C@H](c4ccccc4)C3)[C@@H](C(=O)NO)C2)CC1. The lowest BCUT2D eigenvalue weighted by molar-refractivity contribution is -0.147. The number of benzene rings is 1. The molecule has 2 amide bonds. The van der Waals surface area contributed by atoms with Crippen LogP contribution in [0.15, 0.2) is 35.3 Å². The predicted octanol–water partition coefficient (Wildman–Crippen LogP) is 2.01. The lowest BCUT2D eigenvalue weighted by atomic mass is 9.83. The fraction of sp³-hybridized carbons (Fsp3) is 0.600. The Morgan fingerprint density at radius 2 is 1.65 bits per heavy atom. The van der Waals surface area contributed by atoms with E-state index >= 15 is 0 Å². The van der Waals surface area contributed by atoms with Crippen LogP contribution >= 0.6 is 0 Å². The maximum Gasteiger partial charge on any atom is 0.249 e. The second-order valence-corrected chi connectivity index (χ2v) is 9.79. The molecule has 2 N–H and O–H groups in total. The quantitative estimate of drug-likeness (QED) is 0.232. The number of carbonyl (C=O) groups is 2. The summed E-state index contributed by atoms with van der Waals surface area (Å²) in [7, 11) is 0. The molecule has 3 aliphatic heterocycles. The Hall–Kier alpha value is -3.12. The molecule has 3 heterocycles. The topological polar surface area (TPSA) is 112 Å². The number of hydroxylamine groups is 1. The van der Waals surface area contributed by atoms with Crippen molar-refractivity contribution in [3.8, 4) is 6.19 Å². The van der Waals surface area contributed by atoms with Crippen molar-refractivity contribution in [1.29, 1.82) is 5.26 Å². The normalized spacial score (nSPS) is 26.3. The van der Waals surface area contributed by atoms with E-state index in [0.717, 1.165) is 32.4 Å². The molecule has 3 aliphatic rings. The molecule has 0 aromatic heterocycles. The maximum absolute atomic E-state index is 13.5. The van der Waals surface area contributed by atoms with Crippen LogP contribution in [0.1, 0.15) is 44.1 Å². The number of carbonyl (C=O) groups excluding carboxylic acids is 2. The van der Waals surface area contributed by atoms with Crippen molar-refractivity contribution >= 4 is 17.8 Å². The van der Waals surface area contributed by atoms with Gasteiger partial charge < -0.3 is 14.7 Å². The molecule has 182 valence electrons. The molecule has 3 saturated heterocycles. The third-order valence-corrected chi connectivity index (χ3v) is 7.65. The number of nitrogens with one attached hydrogen (secondary N) is 1. The van der Waals surface area contributed by atoms with E-state index in [-0.39, 0.29) is 12.5 Å². The first-order chi connectivity index (χ1) is 16.5. The van der Waals surface area contributed by atoms with E-state index in [0.29, 0.717) is 43.9 Å². The standard InChI is InChI=1S/C25H34N6O3/c1-18-7-11-29(12-8-18)25(27-17-26)31-14-10-21(22(16-31)23(32)28-34)24(33)30-13-9-20(15-30)19-5-3-2-4-6-19/h2-6,18,20-22,34H,7-16H2,1H3,(H,28,32)/t20-,21-,22-/m0/s1. The zero-order valence-corrected chi connectivity index (χ0v) is 19.8. The molecule has 9 nitrogen and oxygen atoms in total. The molecule has 0 bridgehead atoms. The zero-order chi connectivity index (χ0) is 24.1. The van der Waals surface area contributed by atoms with Crippen LogP contribution in [0.5, 0.6) is 0 Å². The van der Waals surface area contributed by atoms with Gasteiger partial charge in [-0.05, 0) is 37.2 Å². The highest BCUT2D eigenvalue weighted by Gasteiger charge is 2.43. The Morgan fingerprint density at radius 1 is 0.971 bits per heavy atom. The Bertz CT molecular complexity index is 938. The largest absolute Gasteiger partial charge is 0.342 e. The molecule has 0 saturated carbocycles. The Labute approximate surface area is 201 Å². The van der Waals surface area contributed by atoms with Gasteiger partial charge in [-0.15, -0.1) is 4.99 Å². The lowest BCUT2D eigenvalue weighted by Crippen LogP contribution is -2.56. The predicted molar refractivity (Wildman–Crippen MR) is 126 cm³/mol. The molecular weight excluding hydrogens is 432 g/mol. The summed E-state index contributed by atoms with van der Waals surface area (Å²) in [4.78, 5) is 36.1. The van der Waals surface area contributed by atoms with Gasteiger partial charge in [0.15, 0.2) is 0 Å². The third-order valence-electron chi connectivity index (χ3n) is 7.65. The third kappa shape index (κ3) is 5.17. The van der Waals surface area contributed by atoms with Crippen LogP contribution in [0.4, 0.5) is 0 Å². The van der Waals surface area contributed by atoms with Gasteiger partial charge in [0.25, 0.3) is 0 Å². The van der Waals surface area contributed by atoms with E-state index in [9.17, 15) is 20.1 Å². The van der Waals surface area contributed by atoms with Crippen LogP contribution in [0.2, 0.25) is 0 Å². The van der Waals surface area contributed by atoms with Crippen LogP contribution < -0.4 is 5.48 Å². The fourth-order valence-corrected chi connectivity index (χ4v) is 5.56. The average Bonchev–Trinajstić information content (AvgIpc) is 3.38. The van der Waals surface area contributed by atoms with Crippen molar-refractivity contribution in [2.45, 2.75) is 38.5 Å². The molecule has 0 unspecified atom stereocenters. The molecule has 0 aliphatic carbocycles. The highest BCUT2D eigenvalue weighted by molar-refractivity contribution is 5.89. The van der Waals surface area contributed by atoms with Gasteiger partial charge >= 0.3 is 0 Å². The van der Waals surface area contributed by atoms with Gasteiger partial charge in [0, 0.05) is 45.2 Å². The summed E-state index contributed by atoms with van der Waals surface area (Å²) in [5, 5.41) is 18.7. The van der Waals surface area contributed by atoms with E-state index in [1.54, 1.807) is 5.48 Å². The first kappa shape index (κ1) is 24.0. The number of guanidine groups is 1. The Morgan fingerprint density at radius 3 is 2.32 bits per heavy atom. The minimum absolute atomic E-state index is 0.0303. The fourth-order valence-electron chi connectivity index (χ4n) is 5.56. The number of hydrogen-bond acceptors (Lipinski definition) is 5. The molecule has 3 fully saturated rings. The summed E-state index contributed by atoms with van der Waals surface area (Å²) in [5.74, 6) is -0.316. The molecule has 3 atom stereocenters. The average molecular weight is 467 g/mol. The van der Waals surface area contributed by atoms with Gasteiger partial charge in [0.2, 0.25) is 24.0 Å². The first-order valence-electron chi connectivity index (χ1n) is 12.3. The summed E-state index contributed by atoms with van der Waals surface area (Å²) in [6, 6.07) is 10.2. The number of amides is 2. The van der Waals surface area contributed by atoms with Crippen LogP contribution in [0.25, 0.3) is 0 Å². The van der Waals surface area contributed by atoms with Crippen LogP contribution in [-0.2, 0) is 9.59 Å². The smallest absolute Gasteiger partial charge is 0.249 e. The molecule has 9 heteroatoms. The van der Waals surface area contributed by atoms with Crippen molar-refractivity contribution in [1.82, 2.24) is 20.2 Å². The lowest BCUT2D eigenvalue weighted by Gasteiger charge is -2.43. The van der Waals surface area contributed by atoms with E-state index in [1.165, 1.54) is 5.56 Å². The molecule has 0 spiro atoms. The van der Waals surface area contributed by atoms with E-state index < -0.39 is 17.7 Å². The van der Waals surface area contributed by atoms with Crippen LogP contribution in [0, 0.1) is 29.2 Å². The van der Waals surface area contributed by atoms with Gasteiger partial charge in [-0.25, -0.2) is 5.48 Å².